The Kier molecular flexibility index (Phi) is 4.15. The number of anilines is 2. The van der Waals surface area contributed by atoms with Gasteiger partial charge in [-0.25, -0.2) is 9.07 Å². The molecule has 1 aromatic heterocycles. The number of nitrogens with zero attached hydrogens (tertiary/aromatic N) is 4. The van der Waals surface area contributed by atoms with Crippen LogP contribution >= 0.6 is 15.9 Å². The summed E-state index contributed by atoms with van der Waals surface area (Å²) >= 11 is 3.36. The predicted octanol–water partition coefficient (Wildman–Crippen LogP) is 2.01. The molecule has 0 amide bonds. The molecule has 1 aliphatic rings. The SMILES string of the molecule is Cn1ncc(N2CCN(c3ccc(F)cc3)CC2)c(Br)c1=O. The summed E-state index contributed by atoms with van der Waals surface area (Å²) in [7, 11) is 1.63. The molecule has 1 aliphatic heterocycles. The predicted molar refractivity (Wildman–Crippen MR) is 88.0 cm³/mol. The van der Waals surface area contributed by atoms with Crippen molar-refractivity contribution in [1.29, 1.82) is 0 Å². The van der Waals surface area contributed by atoms with E-state index in [1.807, 2.05) is 0 Å². The van der Waals surface area contributed by atoms with Gasteiger partial charge in [0.2, 0.25) is 0 Å². The van der Waals surface area contributed by atoms with Gasteiger partial charge in [0.15, 0.2) is 0 Å². The fraction of sp³-hybridized carbons (Fsp3) is 0.333. The highest BCUT2D eigenvalue weighted by Crippen LogP contribution is 2.24. The highest BCUT2D eigenvalue weighted by atomic mass is 79.9. The molecule has 2 aromatic rings. The first-order chi connectivity index (χ1) is 10.6. The van der Waals surface area contributed by atoms with Crippen molar-refractivity contribution in [1.82, 2.24) is 9.78 Å². The third-order valence-electron chi connectivity index (χ3n) is 3.87. The molecule has 1 saturated heterocycles. The molecule has 116 valence electrons. The summed E-state index contributed by atoms with van der Waals surface area (Å²) in [6.45, 7) is 3.19. The van der Waals surface area contributed by atoms with Crippen LogP contribution in [0.4, 0.5) is 15.8 Å². The molecule has 5 nitrogen and oxygen atoms in total. The maximum Gasteiger partial charge on any atom is 0.282 e. The molecule has 0 N–H and O–H groups in total. The minimum absolute atomic E-state index is 0.140. The van der Waals surface area contributed by atoms with Gasteiger partial charge in [0.1, 0.15) is 10.3 Å². The maximum atomic E-state index is 13.0. The van der Waals surface area contributed by atoms with Crippen LogP contribution in [0.5, 0.6) is 0 Å². The molecule has 1 aromatic carbocycles. The second-order valence-electron chi connectivity index (χ2n) is 5.22. The molecule has 0 radical (unpaired) electrons. The monoisotopic (exact) mass is 366 g/mol. The molecule has 2 heterocycles. The van der Waals surface area contributed by atoms with Crippen molar-refractivity contribution in [3.63, 3.8) is 0 Å². The Morgan fingerprint density at radius 3 is 2.32 bits per heavy atom. The van der Waals surface area contributed by atoms with Crippen LogP contribution in [-0.2, 0) is 7.05 Å². The minimum atomic E-state index is -0.225. The fourth-order valence-electron chi connectivity index (χ4n) is 2.58. The quantitative estimate of drug-likeness (QED) is 0.815. The van der Waals surface area contributed by atoms with E-state index < -0.39 is 0 Å². The third kappa shape index (κ3) is 2.85. The van der Waals surface area contributed by atoms with E-state index in [9.17, 15) is 9.18 Å². The van der Waals surface area contributed by atoms with Crippen molar-refractivity contribution in [2.75, 3.05) is 36.0 Å². The molecule has 7 heteroatoms. The molecule has 1 fully saturated rings. The van der Waals surface area contributed by atoms with Crippen molar-refractivity contribution < 1.29 is 4.39 Å². The Morgan fingerprint density at radius 2 is 1.68 bits per heavy atom. The molecule has 0 atom stereocenters. The average molecular weight is 367 g/mol. The van der Waals surface area contributed by atoms with Gasteiger partial charge in [0.05, 0.1) is 11.9 Å². The van der Waals surface area contributed by atoms with Gasteiger partial charge in [0.25, 0.3) is 5.56 Å². The fourth-order valence-corrected chi connectivity index (χ4v) is 3.19. The summed E-state index contributed by atoms with van der Waals surface area (Å²) < 4.78 is 14.8. The van der Waals surface area contributed by atoms with E-state index in [1.165, 1.54) is 16.8 Å². The van der Waals surface area contributed by atoms with Crippen molar-refractivity contribution in [3.8, 4) is 0 Å². The first-order valence-corrected chi connectivity index (χ1v) is 7.83. The van der Waals surface area contributed by atoms with Crippen LogP contribution in [0.15, 0.2) is 39.7 Å². The molecule has 3 rings (SSSR count). The van der Waals surface area contributed by atoms with Crippen LogP contribution in [0.1, 0.15) is 0 Å². The zero-order valence-electron chi connectivity index (χ0n) is 12.2. The van der Waals surface area contributed by atoms with Gasteiger partial charge < -0.3 is 9.80 Å². The minimum Gasteiger partial charge on any atom is -0.368 e. The largest absolute Gasteiger partial charge is 0.368 e. The molecular weight excluding hydrogens is 351 g/mol. The lowest BCUT2D eigenvalue weighted by atomic mass is 10.2. The summed E-state index contributed by atoms with van der Waals surface area (Å²) in [5, 5.41) is 4.08. The highest BCUT2D eigenvalue weighted by Gasteiger charge is 2.20. The van der Waals surface area contributed by atoms with E-state index in [-0.39, 0.29) is 11.4 Å². The van der Waals surface area contributed by atoms with Gasteiger partial charge in [-0.3, -0.25) is 4.79 Å². The van der Waals surface area contributed by atoms with Crippen molar-refractivity contribution in [2.45, 2.75) is 0 Å². The number of aryl methyl sites for hydroxylation is 1. The number of hydrogen-bond donors (Lipinski definition) is 0. The van der Waals surface area contributed by atoms with Gasteiger partial charge in [0, 0.05) is 38.9 Å². The molecule has 0 aliphatic carbocycles. The smallest absolute Gasteiger partial charge is 0.282 e. The van der Waals surface area contributed by atoms with E-state index in [4.69, 9.17) is 0 Å². The van der Waals surface area contributed by atoms with Crippen molar-refractivity contribution in [3.05, 3.63) is 51.1 Å². The number of benzene rings is 1. The first kappa shape index (κ1) is 15.0. The maximum absolute atomic E-state index is 13.0. The lowest BCUT2D eigenvalue weighted by Crippen LogP contribution is -2.47. The number of piperazine rings is 1. The summed E-state index contributed by atoms with van der Waals surface area (Å²) in [6.07, 6.45) is 1.71. The van der Waals surface area contributed by atoms with Gasteiger partial charge >= 0.3 is 0 Å². The molecule has 0 bridgehead atoms. The zero-order chi connectivity index (χ0) is 15.7. The normalized spacial score (nSPS) is 15.2. The second-order valence-corrected chi connectivity index (χ2v) is 6.02. The highest BCUT2D eigenvalue weighted by molar-refractivity contribution is 9.10. The van der Waals surface area contributed by atoms with Gasteiger partial charge in [-0.2, -0.15) is 5.10 Å². The number of aromatic nitrogens is 2. The Balaban J connectivity index is 1.73. The van der Waals surface area contributed by atoms with Crippen LogP contribution in [0, 0.1) is 5.82 Å². The Labute approximate surface area is 136 Å². The van der Waals surface area contributed by atoms with Gasteiger partial charge in [-0.15, -0.1) is 0 Å². The lowest BCUT2D eigenvalue weighted by molar-refractivity contribution is 0.623. The zero-order valence-corrected chi connectivity index (χ0v) is 13.8. The molecule has 22 heavy (non-hydrogen) atoms. The summed E-state index contributed by atoms with van der Waals surface area (Å²) in [5.74, 6) is -0.225. The van der Waals surface area contributed by atoms with E-state index in [2.05, 4.69) is 30.8 Å². The summed E-state index contributed by atoms with van der Waals surface area (Å²) in [5.41, 5.74) is 1.70. The van der Waals surface area contributed by atoms with Gasteiger partial charge in [-0.1, -0.05) is 0 Å². The Morgan fingerprint density at radius 1 is 1.09 bits per heavy atom. The Hall–Kier alpha value is -1.89. The number of halogens is 2. The van der Waals surface area contributed by atoms with E-state index in [1.54, 1.807) is 25.4 Å². The molecule has 0 unspecified atom stereocenters. The van der Waals surface area contributed by atoms with Crippen LogP contribution in [-0.4, -0.2) is 36.0 Å². The summed E-state index contributed by atoms with van der Waals surface area (Å²) in [6, 6.07) is 6.54. The number of hydrogen-bond acceptors (Lipinski definition) is 4. The van der Waals surface area contributed by atoms with Crippen molar-refractivity contribution in [2.24, 2.45) is 7.05 Å². The van der Waals surface area contributed by atoms with Crippen molar-refractivity contribution >= 4 is 27.3 Å². The molecule has 0 spiro atoms. The lowest BCUT2D eigenvalue weighted by Gasteiger charge is -2.37. The van der Waals surface area contributed by atoms with E-state index in [0.29, 0.717) is 4.47 Å². The standard InChI is InChI=1S/C15H16BrFN4O/c1-19-15(22)14(16)13(10-18-19)21-8-6-20(7-9-21)12-4-2-11(17)3-5-12/h2-5,10H,6-9H2,1H3. The number of rotatable bonds is 2. The molecular formula is C15H16BrFN4O. The second kappa shape index (κ2) is 6.08. The average Bonchev–Trinajstić information content (AvgIpc) is 2.54. The van der Waals surface area contributed by atoms with E-state index >= 15 is 0 Å². The summed E-state index contributed by atoms with van der Waals surface area (Å²) in [4.78, 5) is 16.3. The van der Waals surface area contributed by atoms with Gasteiger partial charge in [-0.05, 0) is 40.2 Å². The van der Waals surface area contributed by atoms with Crippen LogP contribution in [0.2, 0.25) is 0 Å². The Bertz CT molecular complexity index is 723. The topological polar surface area (TPSA) is 41.4 Å². The van der Waals surface area contributed by atoms with Crippen LogP contribution < -0.4 is 15.4 Å². The van der Waals surface area contributed by atoms with Crippen LogP contribution in [0.3, 0.4) is 0 Å². The van der Waals surface area contributed by atoms with E-state index in [0.717, 1.165) is 37.6 Å². The van der Waals surface area contributed by atoms with Crippen LogP contribution in [0.25, 0.3) is 0 Å². The molecule has 0 saturated carbocycles. The first-order valence-electron chi connectivity index (χ1n) is 7.03. The third-order valence-corrected chi connectivity index (χ3v) is 4.62.